The van der Waals surface area contributed by atoms with Crippen LogP contribution in [-0.4, -0.2) is 70.0 Å². The molecule has 1 saturated heterocycles. The first-order chi connectivity index (χ1) is 18.5. The summed E-state index contributed by atoms with van der Waals surface area (Å²) < 4.78 is 50.0. The fourth-order valence-corrected chi connectivity index (χ4v) is 4.85. The third-order valence-corrected chi connectivity index (χ3v) is 7.15. The third-order valence-electron chi connectivity index (χ3n) is 6.20. The van der Waals surface area contributed by atoms with Crippen LogP contribution in [-0.2, 0) is 4.74 Å². The van der Waals surface area contributed by atoms with E-state index in [1.54, 1.807) is 6.92 Å². The summed E-state index contributed by atoms with van der Waals surface area (Å²) in [5, 5.41) is 43.3. The van der Waals surface area contributed by atoms with Crippen LogP contribution in [0.1, 0.15) is 23.8 Å². The molecule has 1 aliphatic rings. The van der Waals surface area contributed by atoms with E-state index in [9.17, 15) is 28.5 Å². The number of aromatic nitrogens is 6. The van der Waals surface area contributed by atoms with Gasteiger partial charge in [-0.05, 0) is 31.2 Å². The second kappa shape index (κ2) is 10.7. The minimum absolute atomic E-state index is 0.00195. The van der Waals surface area contributed by atoms with Gasteiger partial charge in [-0.15, -0.1) is 5.10 Å². The summed E-state index contributed by atoms with van der Waals surface area (Å²) in [6.45, 7) is 0.893. The summed E-state index contributed by atoms with van der Waals surface area (Å²) in [6.07, 6.45) is -4.39. The van der Waals surface area contributed by atoms with Crippen molar-refractivity contribution in [2.45, 2.75) is 37.4 Å². The van der Waals surface area contributed by atoms with Crippen LogP contribution in [0.3, 0.4) is 0 Å². The van der Waals surface area contributed by atoms with Crippen molar-refractivity contribution in [3.63, 3.8) is 0 Å². The number of aliphatic hydroxyl groups is 3. The van der Waals surface area contributed by atoms with Gasteiger partial charge in [0.2, 0.25) is 0 Å². The molecule has 4 aromatic rings. The van der Waals surface area contributed by atoms with Crippen LogP contribution in [0.15, 0.2) is 30.5 Å². The van der Waals surface area contributed by atoms with Crippen LogP contribution in [0, 0.1) is 24.4 Å². The summed E-state index contributed by atoms with van der Waals surface area (Å²) in [4.78, 5) is 4.32. The molecular weight excluding hydrogens is 588 g/mol. The Morgan fingerprint density at radius 3 is 2.33 bits per heavy atom. The average molecular weight is 606 g/mol. The van der Waals surface area contributed by atoms with Crippen LogP contribution in [0.2, 0.25) is 15.1 Å². The number of aliphatic hydroxyl groups excluding tert-OH is 3. The monoisotopic (exact) mass is 604 g/mol. The van der Waals surface area contributed by atoms with E-state index in [-0.39, 0.29) is 38.6 Å². The molecule has 39 heavy (non-hydrogen) atoms. The summed E-state index contributed by atoms with van der Waals surface area (Å²) in [5.74, 6) is -2.55. The van der Waals surface area contributed by atoms with Crippen molar-refractivity contribution >= 4 is 34.8 Å². The minimum atomic E-state index is -1.58. The van der Waals surface area contributed by atoms with E-state index in [1.807, 2.05) is 0 Å². The molecule has 1 aliphatic heterocycles. The molecule has 0 aliphatic carbocycles. The molecule has 2 aromatic heterocycles. The van der Waals surface area contributed by atoms with Gasteiger partial charge in [-0.3, -0.25) is 0 Å². The molecule has 206 valence electrons. The van der Waals surface area contributed by atoms with Crippen molar-refractivity contribution in [1.29, 1.82) is 0 Å². The fourth-order valence-electron chi connectivity index (χ4n) is 4.35. The van der Waals surface area contributed by atoms with E-state index in [0.29, 0.717) is 0 Å². The second-order valence-corrected chi connectivity index (χ2v) is 9.93. The number of halogens is 6. The van der Waals surface area contributed by atoms with Gasteiger partial charge >= 0.3 is 0 Å². The molecule has 0 spiro atoms. The molecule has 2 aromatic carbocycles. The first-order valence-electron chi connectivity index (χ1n) is 11.3. The molecule has 0 unspecified atom stereocenters. The fraction of sp³-hybridized carbons (Fsp3) is 0.304. The van der Waals surface area contributed by atoms with Gasteiger partial charge in [0, 0.05) is 5.56 Å². The molecule has 0 amide bonds. The number of rotatable bonds is 5. The smallest absolute Gasteiger partial charge is 0.164 e. The molecule has 5 rings (SSSR count). The number of nitrogens with zero attached hydrogens (tertiary/aromatic N) is 6. The Morgan fingerprint density at radius 2 is 1.67 bits per heavy atom. The van der Waals surface area contributed by atoms with Crippen LogP contribution in [0.5, 0.6) is 0 Å². The zero-order valence-corrected chi connectivity index (χ0v) is 21.9. The third kappa shape index (κ3) is 4.99. The number of benzene rings is 2. The quantitative estimate of drug-likeness (QED) is 0.232. The van der Waals surface area contributed by atoms with Gasteiger partial charge in [0.1, 0.15) is 64.5 Å². The first-order valence-corrected chi connectivity index (χ1v) is 12.4. The molecule has 3 N–H and O–H groups in total. The van der Waals surface area contributed by atoms with Crippen molar-refractivity contribution in [3.05, 3.63) is 74.6 Å². The largest absolute Gasteiger partial charge is 0.394 e. The highest BCUT2D eigenvalue weighted by atomic mass is 35.5. The van der Waals surface area contributed by atoms with Crippen molar-refractivity contribution in [2.75, 3.05) is 6.61 Å². The molecular formula is C23H18Cl3F3N6O4. The van der Waals surface area contributed by atoms with Crippen LogP contribution >= 0.6 is 34.8 Å². The predicted molar refractivity (Wildman–Crippen MR) is 132 cm³/mol. The lowest BCUT2D eigenvalue weighted by Gasteiger charge is -2.41. The summed E-state index contributed by atoms with van der Waals surface area (Å²) in [6, 6.07) is 2.84. The maximum atomic E-state index is 14.0. The number of aryl methyl sites for hydroxylation is 1. The molecule has 0 radical (unpaired) electrons. The number of hydrogen-bond acceptors (Lipinski definition) is 8. The lowest BCUT2D eigenvalue weighted by Crippen LogP contribution is -2.53. The van der Waals surface area contributed by atoms with Gasteiger partial charge in [-0.2, -0.15) is 5.10 Å². The Balaban J connectivity index is 1.56. The van der Waals surface area contributed by atoms with E-state index >= 15 is 0 Å². The number of hydrogen-bond donors (Lipinski definition) is 3. The van der Waals surface area contributed by atoms with E-state index in [2.05, 4.69) is 20.4 Å². The van der Waals surface area contributed by atoms with Crippen molar-refractivity contribution in [1.82, 2.24) is 29.8 Å². The van der Waals surface area contributed by atoms with E-state index in [1.165, 1.54) is 16.9 Å². The van der Waals surface area contributed by atoms with E-state index in [0.717, 1.165) is 22.9 Å². The van der Waals surface area contributed by atoms with Crippen molar-refractivity contribution in [3.8, 4) is 16.9 Å². The highest BCUT2D eigenvalue weighted by molar-refractivity contribution is 6.34. The van der Waals surface area contributed by atoms with Gasteiger partial charge in [0.15, 0.2) is 5.82 Å². The summed E-state index contributed by atoms with van der Waals surface area (Å²) in [7, 11) is 0. The Hall–Kier alpha value is -2.78. The first kappa shape index (κ1) is 27.8. The maximum Gasteiger partial charge on any atom is 0.164 e. The highest BCUT2D eigenvalue weighted by Gasteiger charge is 2.48. The Bertz CT molecular complexity index is 1530. The maximum absolute atomic E-state index is 14.0. The van der Waals surface area contributed by atoms with Crippen molar-refractivity contribution in [2.24, 2.45) is 0 Å². The Morgan fingerprint density at radius 1 is 0.974 bits per heavy atom. The van der Waals surface area contributed by atoms with Crippen LogP contribution in [0.4, 0.5) is 13.2 Å². The second-order valence-electron chi connectivity index (χ2n) is 8.73. The molecule has 16 heteroatoms. The van der Waals surface area contributed by atoms with E-state index in [4.69, 9.17) is 39.5 Å². The molecule has 3 heterocycles. The minimum Gasteiger partial charge on any atom is -0.394 e. The van der Waals surface area contributed by atoms with Gasteiger partial charge in [-0.25, -0.2) is 27.5 Å². The van der Waals surface area contributed by atoms with Gasteiger partial charge in [0.05, 0.1) is 28.5 Å². The zero-order chi connectivity index (χ0) is 28.2. The predicted octanol–water partition coefficient (Wildman–Crippen LogP) is 3.61. The lowest BCUT2D eigenvalue weighted by molar-refractivity contribution is -0.210. The molecule has 0 saturated carbocycles. The van der Waals surface area contributed by atoms with Crippen LogP contribution in [0.25, 0.3) is 16.9 Å². The topological polar surface area (TPSA) is 131 Å². The number of ether oxygens (including phenoxy) is 1. The standard InChI is InChI=1S/C23H18Cl3F3N6O4/c1-8-30-23(35(32-8)16-5-10(24)12(27)4-11(16)25)22-21(38)19(20(37)17(7-36)39-22)34-6-15(31-33-34)9-2-13(28)18(26)14(29)3-9/h2-6,17,19-22,36-38H,7H2,1H3/t17-,19+,20+,21-,22-/m1/s1. The summed E-state index contributed by atoms with van der Waals surface area (Å²) >= 11 is 17.7. The normalized spacial score (nSPS) is 23.4. The van der Waals surface area contributed by atoms with Gasteiger partial charge in [0.25, 0.3) is 0 Å². The van der Waals surface area contributed by atoms with Crippen LogP contribution < -0.4 is 0 Å². The molecule has 0 bridgehead atoms. The Labute approximate surface area is 233 Å². The van der Waals surface area contributed by atoms with Crippen molar-refractivity contribution < 1.29 is 33.2 Å². The van der Waals surface area contributed by atoms with Gasteiger partial charge in [-0.1, -0.05) is 40.0 Å². The molecule has 5 atom stereocenters. The lowest BCUT2D eigenvalue weighted by atomic mass is 9.92. The van der Waals surface area contributed by atoms with Gasteiger partial charge < -0.3 is 20.1 Å². The average Bonchev–Trinajstić information content (AvgIpc) is 3.52. The van der Waals surface area contributed by atoms with E-state index < -0.39 is 59.5 Å². The molecule has 10 nitrogen and oxygen atoms in total. The Kier molecular flexibility index (Phi) is 7.59. The SMILES string of the molecule is Cc1nc([C@@H]2O[C@H](CO)[C@H](O)[C@H](n3cc(-c4cc(F)c(Cl)c(F)c4)nn3)[C@H]2O)n(-c2cc(Cl)c(F)cc2Cl)n1. The molecule has 1 fully saturated rings. The highest BCUT2D eigenvalue weighted by Crippen LogP contribution is 2.39. The zero-order valence-electron chi connectivity index (χ0n) is 19.7. The summed E-state index contributed by atoms with van der Waals surface area (Å²) in [5.41, 5.74) is 0.150.